The Morgan fingerprint density at radius 1 is 1.03 bits per heavy atom. The zero-order chi connectivity index (χ0) is 26.3. The molecule has 0 aromatic heterocycles. The lowest BCUT2D eigenvalue weighted by atomic mass is 10.0. The van der Waals surface area contributed by atoms with Crippen molar-refractivity contribution in [3.63, 3.8) is 0 Å². The lowest BCUT2D eigenvalue weighted by Crippen LogP contribution is -3.00. The monoisotopic (exact) mass is 577 g/mol. The Balaban J connectivity index is 0.00000361. The molecule has 3 atom stereocenters. The second-order valence-electron chi connectivity index (χ2n) is 9.05. The third-order valence-electron chi connectivity index (χ3n) is 6.09. The molecule has 1 fully saturated rings. The largest absolute Gasteiger partial charge is 1.00 e. The number of likely N-dealkylation sites (tertiary alicyclic amines) is 1. The Labute approximate surface area is 231 Å². The van der Waals surface area contributed by atoms with Gasteiger partial charge in [-0.1, -0.05) is 36.4 Å². The van der Waals surface area contributed by atoms with E-state index in [0.717, 1.165) is 24.1 Å². The van der Waals surface area contributed by atoms with E-state index in [1.165, 1.54) is 12.1 Å². The molecule has 8 nitrogen and oxygen atoms in total. The van der Waals surface area contributed by atoms with E-state index in [1.54, 1.807) is 4.90 Å². The smallest absolute Gasteiger partial charge is 0.416 e. The van der Waals surface area contributed by atoms with Crippen molar-refractivity contribution in [1.82, 2.24) is 10.2 Å². The van der Waals surface area contributed by atoms with E-state index in [0.29, 0.717) is 19.5 Å². The van der Waals surface area contributed by atoms with E-state index in [1.807, 2.05) is 30.3 Å². The van der Waals surface area contributed by atoms with Gasteiger partial charge in [0.2, 0.25) is 11.8 Å². The van der Waals surface area contributed by atoms with Gasteiger partial charge < -0.3 is 51.8 Å². The van der Waals surface area contributed by atoms with Crippen LogP contribution in [0.4, 0.5) is 18.9 Å². The van der Waals surface area contributed by atoms with Crippen LogP contribution in [0.5, 0.6) is 0 Å². The van der Waals surface area contributed by atoms with E-state index < -0.39 is 35.6 Å². The third-order valence-corrected chi connectivity index (χ3v) is 6.09. The van der Waals surface area contributed by atoms with Crippen LogP contribution in [0, 0.1) is 0 Å². The predicted octanol–water partition coefficient (Wildman–Crippen LogP) is -5.39. The first kappa shape index (κ1) is 33.2. The first-order chi connectivity index (χ1) is 17.0. The molecule has 3 rings (SSSR count). The highest BCUT2D eigenvalue weighted by molar-refractivity contribution is 5.98. The quantitative estimate of drug-likeness (QED) is 0.237. The molecule has 13 heteroatoms. The molecular weight excluding hydrogens is 546 g/mol. The van der Waals surface area contributed by atoms with E-state index in [4.69, 9.17) is 0 Å². The Kier molecular flexibility index (Phi) is 13.0. The summed E-state index contributed by atoms with van der Waals surface area (Å²) in [6.45, 7) is 1.12. The van der Waals surface area contributed by atoms with Crippen molar-refractivity contribution in [2.75, 3.05) is 18.4 Å². The number of anilines is 1. The average molecular weight is 578 g/mol. The molecule has 0 aliphatic carbocycles. The molecule has 0 bridgehead atoms. The summed E-state index contributed by atoms with van der Waals surface area (Å²) >= 11 is 0. The number of alkyl halides is 3. The predicted molar refractivity (Wildman–Crippen MR) is 126 cm³/mol. The summed E-state index contributed by atoms with van der Waals surface area (Å²) < 4.78 is 39.2. The second kappa shape index (κ2) is 14.9. The molecule has 0 spiro atoms. The molecule has 210 valence electrons. The maximum absolute atomic E-state index is 13.1. The highest BCUT2D eigenvalue weighted by Gasteiger charge is 2.33. The molecule has 1 aliphatic rings. The molecule has 1 aliphatic heterocycles. The number of amides is 3. The van der Waals surface area contributed by atoms with Crippen molar-refractivity contribution in [2.24, 2.45) is 0 Å². The Hall–Kier alpha value is -2.86. The van der Waals surface area contributed by atoms with Gasteiger partial charge in [0, 0.05) is 18.7 Å². The Bertz CT molecular complexity index is 1080. The van der Waals surface area contributed by atoms with E-state index in [2.05, 4.69) is 22.1 Å². The number of nitrogens with zero attached hydrogens (tertiary/aromatic N) is 1. The minimum atomic E-state index is -4.56. The molecule has 8 N–H and O–H groups in total. The number of nitrogens with one attached hydrogen (secondary N) is 2. The van der Waals surface area contributed by atoms with Gasteiger partial charge in [0.15, 0.2) is 6.04 Å². The highest BCUT2D eigenvalue weighted by atomic mass is 35.5. The summed E-state index contributed by atoms with van der Waals surface area (Å²) in [5.41, 5.74) is 7.74. The zero-order valence-electron chi connectivity index (χ0n) is 20.6. The fraction of sp³-hybridized carbons (Fsp3) is 0.400. The van der Waals surface area contributed by atoms with Gasteiger partial charge in [0.25, 0.3) is 5.91 Å². The van der Waals surface area contributed by atoms with Gasteiger partial charge in [-0.15, -0.1) is 0 Å². The molecule has 2 aromatic rings. The van der Waals surface area contributed by atoms with Crippen LogP contribution in [-0.2, 0) is 27.0 Å². The number of benzene rings is 2. The van der Waals surface area contributed by atoms with Gasteiger partial charge >= 0.3 is 6.18 Å². The summed E-state index contributed by atoms with van der Waals surface area (Å²) in [4.78, 5) is 40.0. The van der Waals surface area contributed by atoms with Crippen molar-refractivity contribution in [1.29, 1.82) is 0 Å². The van der Waals surface area contributed by atoms with Gasteiger partial charge in [0.05, 0.1) is 18.5 Å². The van der Waals surface area contributed by atoms with Crippen LogP contribution >= 0.6 is 0 Å². The van der Waals surface area contributed by atoms with Crippen LogP contribution in [0.25, 0.3) is 0 Å². The number of aryl methyl sites for hydroxylation is 1. The van der Waals surface area contributed by atoms with Crippen molar-refractivity contribution in [3.05, 3.63) is 65.7 Å². The lowest BCUT2D eigenvalue weighted by Gasteiger charge is -2.21. The van der Waals surface area contributed by atoms with Gasteiger partial charge in [0.1, 0.15) is 12.1 Å². The SMILES string of the molecule is [Cl-].[Cl-].[NH3+][C@@H]1CCN(C(=O)C[C@H]([NH3+])C(=O)N[C@@H](CCc2ccccc2)C(=O)Nc2cccc(C(F)(F)F)c2)C1. The lowest BCUT2D eigenvalue weighted by molar-refractivity contribution is -0.414. The molecule has 1 heterocycles. The third kappa shape index (κ3) is 9.79. The number of rotatable bonds is 9. The van der Waals surface area contributed by atoms with Crippen LogP contribution in [0.2, 0.25) is 0 Å². The van der Waals surface area contributed by atoms with Crippen LogP contribution in [0.1, 0.15) is 30.4 Å². The number of hydrogen-bond donors (Lipinski definition) is 4. The minimum Gasteiger partial charge on any atom is -1.00 e. The fourth-order valence-corrected chi connectivity index (χ4v) is 4.01. The Morgan fingerprint density at radius 2 is 1.71 bits per heavy atom. The van der Waals surface area contributed by atoms with Crippen molar-refractivity contribution >= 4 is 23.4 Å². The molecule has 0 saturated carbocycles. The maximum Gasteiger partial charge on any atom is 0.416 e. The molecule has 1 saturated heterocycles. The molecule has 38 heavy (non-hydrogen) atoms. The van der Waals surface area contributed by atoms with E-state index >= 15 is 0 Å². The minimum absolute atomic E-state index is 0. The molecular formula is C25H32Cl2F3N5O3. The van der Waals surface area contributed by atoms with Crippen molar-refractivity contribution < 1.29 is 63.8 Å². The number of hydrogen-bond acceptors (Lipinski definition) is 3. The van der Waals surface area contributed by atoms with Gasteiger partial charge in [-0.3, -0.25) is 14.4 Å². The number of carbonyl (C=O) groups excluding carboxylic acids is 3. The number of quaternary nitrogens is 2. The summed E-state index contributed by atoms with van der Waals surface area (Å²) in [6, 6.07) is 11.8. The summed E-state index contributed by atoms with van der Waals surface area (Å²) in [6.07, 6.45) is -3.22. The van der Waals surface area contributed by atoms with Crippen LogP contribution in [0.3, 0.4) is 0 Å². The van der Waals surface area contributed by atoms with Gasteiger partial charge in [-0.05, 0) is 36.6 Å². The van der Waals surface area contributed by atoms with Crippen molar-refractivity contribution in [2.45, 2.75) is 50.0 Å². The molecule has 0 radical (unpaired) electrons. The fourth-order valence-electron chi connectivity index (χ4n) is 4.01. The van der Waals surface area contributed by atoms with Crippen molar-refractivity contribution in [3.8, 4) is 0 Å². The molecule has 2 aromatic carbocycles. The topological polar surface area (TPSA) is 134 Å². The summed E-state index contributed by atoms with van der Waals surface area (Å²) in [7, 11) is 0. The summed E-state index contributed by atoms with van der Waals surface area (Å²) in [5, 5.41) is 5.11. The number of halogens is 5. The normalized spacial score (nSPS) is 16.4. The van der Waals surface area contributed by atoms with Crippen LogP contribution < -0.4 is 46.9 Å². The second-order valence-corrected chi connectivity index (χ2v) is 9.05. The zero-order valence-corrected chi connectivity index (χ0v) is 22.2. The van der Waals surface area contributed by atoms with Gasteiger partial charge in [-0.25, -0.2) is 0 Å². The highest BCUT2D eigenvalue weighted by Crippen LogP contribution is 2.30. The first-order valence-electron chi connectivity index (χ1n) is 11.8. The average Bonchev–Trinajstić information content (AvgIpc) is 3.28. The van der Waals surface area contributed by atoms with E-state index in [9.17, 15) is 27.6 Å². The standard InChI is InChI=1S/C25H30F3N5O3.2ClH/c26-25(27,28)17-7-4-8-19(13-17)31-24(36)21(10-9-16-5-2-1-3-6-16)32-23(35)20(30)14-22(34)33-12-11-18(29)15-33;;/h1-8,13,18,20-21H,9-12,14-15,29-30H2,(H,31,36)(H,32,35);2*1H/t18-,20+,21+;;/m1../s1. The van der Waals surface area contributed by atoms with Crippen LogP contribution in [-0.4, -0.2) is 53.8 Å². The number of carbonyl (C=O) groups is 3. The Morgan fingerprint density at radius 3 is 2.32 bits per heavy atom. The molecule has 3 amide bonds. The van der Waals surface area contributed by atoms with Crippen LogP contribution in [0.15, 0.2) is 54.6 Å². The van der Waals surface area contributed by atoms with Gasteiger partial charge in [-0.2, -0.15) is 13.2 Å². The first-order valence-corrected chi connectivity index (χ1v) is 11.8. The van der Waals surface area contributed by atoms with E-state index in [-0.39, 0.29) is 55.3 Å². The molecule has 0 unspecified atom stereocenters. The maximum atomic E-state index is 13.1. The summed E-state index contributed by atoms with van der Waals surface area (Å²) in [5.74, 6) is -1.44.